The van der Waals surface area contributed by atoms with Crippen LogP contribution in [0.25, 0.3) is 0 Å². The third-order valence-electron chi connectivity index (χ3n) is 5.70. The Bertz CT molecular complexity index is 1000. The quantitative estimate of drug-likeness (QED) is 0.727. The Morgan fingerprint density at radius 1 is 1.17 bits per heavy atom. The zero-order chi connectivity index (χ0) is 21.3. The molecule has 1 aliphatic rings. The maximum Gasteiger partial charge on any atom is 0.255 e. The summed E-state index contributed by atoms with van der Waals surface area (Å²) in [6.45, 7) is 2.81. The van der Waals surface area contributed by atoms with E-state index in [2.05, 4.69) is 6.92 Å². The summed E-state index contributed by atoms with van der Waals surface area (Å²) < 4.78 is 28.3. The monoisotopic (exact) mass is 437 g/mol. The van der Waals surface area contributed by atoms with Crippen molar-refractivity contribution in [3.05, 3.63) is 52.8 Å². The number of likely N-dealkylation sites (tertiary alicyclic amines) is 1. The predicted molar refractivity (Wildman–Crippen MR) is 115 cm³/mol. The Kier molecular flexibility index (Phi) is 6.41. The minimum atomic E-state index is -3.66. The van der Waals surface area contributed by atoms with Crippen molar-refractivity contribution >= 4 is 27.5 Å². The number of halogens is 1. The molecule has 8 heteroatoms. The molecule has 0 saturated carbocycles. The largest absolute Gasteiger partial charge is 0.353 e. The summed E-state index contributed by atoms with van der Waals surface area (Å²) in [5, 5.41) is 0.260. The molecule has 0 spiro atoms. The fourth-order valence-electron chi connectivity index (χ4n) is 3.82. The number of nitrogens with zero attached hydrogens (tertiary/aromatic N) is 3. The molecule has 0 unspecified atom stereocenters. The Morgan fingerprint density at radius 3 is 2.52 bits per heavy atom. The molecule has 0 radical (unpaired) electrons. The van der Waals surface area contributed by atoms with E-state index in [1.165, 1.54) is 32.3 Å². The number of carbonyl (C=O) groups is 1. The fourth-order valence-corrected chi connectivity index (χ4v) is 4.95. The number of hydrogen-bond donors (Lipinski definition) is 0. The van der Waals surface area contributed by atoms with Crippen molar-refractivity contribution in [3.63, 3.8) is 0 Å². The molecule has 1 aromatic heterocycles. The average Bonchev–Trinajstić information content (AvgIpc) is 2.99. The lowest BCUT2D eigenvalue weighted by atomic mass is 10.00. The van der Waals surface area contributed by atoms with Crippen molar-refractivity contribution in [2.75, 3.05) is 20.6 Å². The highest BCUT2D eigenvalue weighted by atomic mass is 35.5. The molecule has 1 aliphatic heterocycles. The van der Waals surface area contributed by atoms with Crippen LogP contribution in [0, 0.1) is 5.92 Å². The highest BCUT2D eigenvalue weighted by Crippen LogP contribution is 2.35. The summed E-state index contributed by atoms with van der Waals surface area (Å²) in [6.07, 6.45) is 4.77. The van der Waals surface area contributed by atoms with Gasteiger partial charge in [-0.2, -0.15) is 0 Å². The molecule has 0 aliphatic carbocycles. The molecule has 0 bridgehead atoms. The van der Waals surface area contributed by atoms with E-state index in [4.69, 9.17) is 11.6 Å². The minimum Gasteiger partial charge on any atom is -0.353 e. The SMILES string of the molecule is C[C@H]1CC[C@@H](c2cccn2C)N(C(=O)c2cc(S(=O)(=O)N(C)C)ccc2Cl)CC1. The minimum absolute atomic E-state index is 0.0638. The van der Waals surface area contributed by atoms with E-state index in [0.717, 1.165) is 29.3 Å². The van der Waals surface area contributed by atoms with Crippen LogP contribution in [0.2, 0.25) is 5.02 Å². The Labute approximate surface area is 178 Å². The molecule has 1 saturated heterocycles. The van der Waals surface area contributed by atoms with Crippen LogP contribution in [0.15, 0.2) is 41.4 Å². The molecular weight excluding hydrogens is 410 g/mol. The molecule has 1 amide bonds. The van der Waals surface area contributed by atoms with Crippen molar-refractivity contribution in [2.24, 2.45) is 13.0 Å². The van der Waals surface area contributed by atoms with Gasteiger partial charge < -0.3 is 9.47 Å². The zero-order valence-electron chi connectivity index (χ0n) is 17.3. The second-order valence-corrected chi connectivity index (χ2v) is 10.5. The van der Waals surface area contributed by atoms with Gasteiger partial charge in [0.2, 0.25) is 10.0 Å². The Hall–Kier alpha value is -1.83. The van der Waals surface area contributed by atoms with Gasteiger partial charge in [0.15, 0.2) is 0 Å². The lowest BCUT2D eigenvalue weighted by Crippen LogP contribution is -2.36. The van der Waals surface area contributed by atoms with Crippen LogP contribution in [-0.4, -0.2) is 48.7 Å². The predicted octanol–water partition coefficient (Wildman–Crippen LogP) is 3.93. The molecule has 29 heavy (non-hydrogen) atoms. The van der Waals surface area contributed by atoms with Gasteiger partial charge in [0.05, 0.1) is 21.5 Å². The number of sulfonamides is 1. The number of rotatable bonds is 4. The number of aryl methyl sites for hydroxylation is 1. The van der Waals surface area contributed by atoms with E-state index in [0.29, 0.717) is 12.5 Å². The highest BCUT2D eigenvalue weighted by molar-refractivity contribution is 7.89. The van der Waals surface area contributed by atoms with Crippen LogP contribution in [0.5, 0.6) is 0 Å². The summed E-state index contributed by atoms with van der Waals surface area (Å²) in [5.74, 6) is 0.289. The Morgan fingerprint density at radius 2 is 1.90 bits per heavy atom. The van der Waals surface area contributed by atoms with Gasteiger partial charge in [-0.1, -0.05) is 18.5 Å². The fraction of sp³-hybridized carbons (Fsp3) is 0.476. The van der Waals surface area contributed by atoms with Gasteiger partial charge in [-0.3, -0.25) is 4.79 Å². The van der Waals surface area contributed by atoms with Crippen LogP contribution in [0.3, 0.4) is 0 Å². The number of benzene rings is 1. The van der Waals surface area contributed by atoms with E-state index in [1.54, 1.807) is 0 Å². The van der Waals surface area contributed by atoms with Gasteiger partial charge in [-0.15, -0.1) is 0 Å². The number of hydrogen-bond acceptors (Lipinski definition) is 3. The Balaban J connectivity index is 2.04. The van der Waals surface area contributed by atoms with Crippen molar-refractivity contribution in [1.82, 2.24) is 13.8 Å². The van der Waals surface area contributed by atoms with Crippen LogP contribution in [-0.2, 0) is 17.1 Å². The molecular formula is C21H28ClN3O3S. The van der Waals surface area contributed by atoms with E-state index in [9.17, 15) is 13.2 Å². The third-order valence-corrected chi connectivity index (χ3v) is 7.85. The molecule has 1 aromatic carbocycles. The molecule has 0 N–H and O–H groups in total. The lowest BCUT2D eigenvalue weighted by molar-refractivity contribution is 0.0673. The van der Waals surface area contributed by atoms with Crippen molar-refractivity contribution in [2.45, 2.75) is 37.1 Å². The normalized spacial score (nSPS) is 20.7. The van der Waals surface area contributed by atoms with Gasteiger partial charge in [-0.05, 0) is 55.5 Å². The summed E-state index contributed by atoms with van der Waals surface area (Å²) in [7, 11) is 1.25. The smallest absolute Gasteiger partial charge is 0.255 e. The summed E-state index contributed by atoms with van der Waals surface area (Å²) in [5.41, 5.74) is 1.30. The average molecular weight is 438 g/mol. The maximum absolute atomic E-state index is 13.6. The third kappa shape index (κ3) is 4.37. The number of amides is 1. The van der Waals surface area contributed by atoms with Crippen LogP contribution in [0.4, 0.5) is 0 Å². The van der Waals surface area contributed by atoms with Crippen molar-refractivity contribution in [3.8, 4) is 0 Å². The van der Waals surface area contributed by atoms with Gasteiger partial charge in [0.25, 0.3) is 5.91 Å². The lowest BCUT2D eigenvalue weighted by Gasteiger charge is -2.31. The van der Waals surface area contributed by atoms with Gasteiger partial charge in [0.1, 0.15) is 0 Å². The first-order valence-electron chi connectivity index (χ1n) is 9.77. The van der Waals surface area contributed by atoms with Crippen molar-refractivity contribution in [1.29, 1.82) is 0 Å². The summed E-state index contributed by atoms with van der Waals surface area (Å²) in [6, 6.07) is 8.27. The summed E-state index contributed by atoms with van der Waals surface area (Å²) in [4.78, 5) is 15.5. The van der Waals surface area contributed by atoms with E-state index < -0.39 is 10.0 Å². The van der Waals surface area contributed by atoms with E-state index in [-0.39, 0.29) is 27.4 Å². The molecule has 2 atom stereocenters. The standard InChI is InChI=1S/C21H28ClN3O3S/c1-15-7-10-20(19-6-5-12-24(19)4)25(13-11-15)21(26)17-14-16(8-9-18(17)22)29(27,28)23(2)3/h5-6,8-9,12,14-15,20H,7,10-11,13H2,1-4H3/t15-,20-/m0/s1. The van der Waals surface area contributed by atoms with Gasteiger partial charge in [0, 0.05) is 39.6 Å². The van der Waals surface area contributed by atoms with Crippen LogP contribution >= 0.6 is 11.6 Å². The van der Waals surface area contributed by atoms with Crippen molar-refractivity contribution < 1.29 is 13.2 Å². The van der Waals surface area contributed by atoms with E-state index in [1.807, 2.05) is 34.8 Å². The molecule has 3 rings (SSSR count). The van der Waals surface area contributed by atoms with E-state index >= 15 is 0 Å². The number of aromatic nitrogens is 1. The topological polar surface area (TPSA) is 62.6 Å². The van der Waals surface area contributed by atoms with Gasteiger partial charge >= 0.3 is 0 Å². The summed E-state index contributed by atoms with van der Waals surface area (Å²) >= 11 is 6.35. The first-order chi connectivity index (χ1) is 13.6. The van der Waals surface area contributed by atoms with Crippen LogP contribution in [0.1, 0.15) is 48.3 Å². The molecule has 2 aromatic rings. The highest BCUT2D eigenvalue weighted by Gasteiger charge is 2.32. The van der Waals surface area contributed by atoms with Crippen LogP contribution < -0.4 is 0 Å². The molecule has 2 heterocycles. The van der Waals surface area contributed by atoms with Gasteiger partial charge in [-0.25, -0.2) is 12.7 Å². The molecule has 158 valence electrons. The molecule has 6 nitrogen and oxygen atoms in total. The maximum atomic E-state index is 13.6. The molecule has 1 fully saturated rings. The second kappa shape index (κ2) is 8.50. The first kappa shape index (κ1) is 21.9. The first-order valence-corrected chi connectivity index (χ1v) is 11.6. The zero-order valence-corrected chi connectivity index (χ0v) is 18.9. The number of carbonyl (C=O) groups excluding carboxylic acids is 1. The second-order valence-electron chi connectivity index (χ2n) is 7.96.